The molecule has 1 saturated heterocycles. The molecule has 1 fully saturated rings. The van der Waals surface area contributed by atoms with Gasteiger partial charge in [0.25, 0.3) is 5.91 Å². The van der Waals surface area contributed by atoms with E-state index in [9.17, 15) is 4.79 Å². The molecule has 0 bridgehead atoms. The number of likely N-dealkylation sites (tertiary alicyclic amines) is 1. The number of nitrogens with one attached hydrogen (secondary N) is 1. The number of aromatic amines is 1. The molecule has 24 heavy (non-hydrogen) atoms. The Labute approximate surface area is 146 Å². The van der Waals surface area contributed by atoms with Gasteiger partial charge in [-0.2, -0.15) is 5.10 Å². The monoisotopic (exact) mass is 348 g/mol. The largest absolute Gasteiger partial charge is 0.372 e. The van der Waals surface area contributed by atoms with Gasteiger partial charge in [-0.25, -0.2) is 4.98 Å². The first-order chi connectivity index (χ1) is 11.6. The fourth-order valence-corrected chi connectivity index (χ4v) is 3.90. The number of hydrogen-bond acceptors (Lipinski definition) is 5. The Kier molecular flexibility index (Phi) is 5.30. The maximum atomic E-state index is 12.8. The van der Waals surface area contributed by atoms with Gasteiger partial charge in [0.2, 0.25) is 0 Å². The molecule has 3 rings (SSSR count). The topological polar surface area (TPSA) is 71.1 Å². The quantitative estimate of drug-likeness (QED) is 0.900. The second-order valence-corrected chi connectivity index (χ2v) is 7.12. The van der Waals surface area contributed by atoms with E-state index in [-0.39, 0.29) is 12.0 Å². The van der Waals surface area contributed by atoms with Crippen LogP contribution < -0.4 is 0 Å². The van der Waals surface area contributed by atoms with Crippen LogP contribution in [0.3, 0.4) is 0 Å². The first-order valence-electron chi connectivity index (χ1n) is 8.46. The lowest BCUT2D eigenvalue weighted by Gasteiger charge is -2.31. The second kappa shape index (κ2) is 7.44. The maximum Gasteiger partial charge on any atom is 0.273 e. The minimum atomic E-state index is -0.0670. The zero-order valence-electron chi connectivity index (χ0n) is 14.4. The van der Waals surface area contributed by atoms with E-state index in [0.717, 1.165) is 35.8 Å². The molecule has 1 aliphatic rings. The van der Waals surface area contributed by atoms with Crippen LogP contribution in [0.15, 0.2) is 11.4 Å². The van der Waals surface area contributed by atoms with E-state index < -0.39 is 0 Å². The summed E-state index contributed by atoms with van der Waals surface area (Å²) in [6, 6.07) is 2.07. The molecule has 6 nitrogen and oxygen atoms in total. The number of thiazole rings is 1. The van der Waals surface area contributed by atoms with Crippen molar-refractivity contribution in [3.05, 3.63) is 33.5 Å². The van der Waals surface area contributed by atoms with E-state index in [4.69, 9.17) is 4.74 Å². The van der Waals surface area contributed by atoms with Crippen molar-refractivity contribution >= 4 is 17.2 Å². The van der Waals surface area contributed by atoms with Crippen molar-refractivity contribution in [1.29, 1.82) is 0 Å². The van der Waals surface area contributed by atoms with E-state index in [1.54, 1.807) is 0 Å². The maximum absolute atomic E-state index is 12.8. The van der Waals surface area contributed by atoms with Gasteiger partial charge in [-0.1, -0.05) is 0 Å². The summed E-state index contributed by atoms with van der Waals surface area (Å²) in [5.74, 6) is 0.311. The Hall–Kier alpha value is -1.73. The van der Waals surface area contributed by atoms with E-state index >= 15 is 0 Å². The molecule has 3 heterocycles. The third kappa shape index (κ3) is 3.67. The highest BCUT2D eigenvalue weighted by atomic mass is 32.1. The van der Waals surface area contributed by atoms with Gasteiger partial charge in [-0.05, 0) is 39.7 Å². The Morgan fingerprint density at radius 1 is 1.58 bits per heavy atom. The van der Waals surface area contributed by atoms with Crippen LogP contribution in [0.2, 0.25) is 0 Å². The van der Waals surface area contributed by atoms with Gasteiger partial charge in [0.15, 0.2) is 0 Å². The van der Waals surface area contributed by atoms with E-state index in [1.807, 2.05) is 31.1 Å². The summed E-state index contributed by atoms with van der Waals surface area (Å²) in [6.07, 6.45) is 1.99. The summed E-state index contributed by atoms with van der Waals surface area (Å²) in [5, 5.41) is 10.1. The molecule has 2 unspecified atom stereocenters. The number of ether oxygens (including phenoxy) is 1. The molecular formula is C17H24N4O2S. The normalized spacial score (nSPS) is 19.5. The molecule has 0 radical (unpaired) electrons. The number of nitrogens with zero attached hydrogens (tertiary/aromatic N) is 3. The summed E-state index contributed by atoms with van der Waals surface area (Å²) >= 11 is 1.49. The fourth-order valence-electron chi connectivity index (χ4n) is 3.11. The Morgan fingerprint density at radius 2 is 2.42 bits per heavy atom. The third-order valence-corrected chi connectivity index (χ3v) is 5.36. The summed E-state index contributed by atoms with van der Waals surface area (Å²) in [4.78, 5) is 19.2. The predicted octanol–water partition coefficient (Wildman–Crippen LogP) is 3.29. The minimum absolute atomic E-state index is 0.0122. The molecule has 130 valence electrons. The van der Waals surface area contributed by atoms with Crippen LogP contribution >= 0.6 is 11.3 Å². The van der Waals surface area contributed by atoms with E-state index in [2.05, 4.69) is 21.2 Å². The molecule has 7 heteroatoms. The van der Waals surface area contributed by atoms with E-state index in [1.165, 1.54) is 11.3 Å². The number of piperidine rings is 1. The van der Waals surface area contributed by atoms with Crippen molar-refractivity contribution in [3.63, 3.8) is 0 Å². The van der Waals surface area contributed by atoms with Gasteiger partial charge in [-0.15, -0.1) is 11.3 Å². The van der Waals surface area contributed by atoms with Gasteiger partial charge in [-0.3, -0.25) is 9.89 Å². The summed E-state index contributed by atoms with van der Waals surface area (Å²) in [7, 11) is 0. The summed E-state index contributed by atoms with van der Waals surface area (Å²) in [5.41, 5.74) is 2.64. The lowest BCUT2D eigenvalue weighted by molar-refractivity contribution is 0.0691. The second-order valence-electron chi connectivity index (χ2n) is 6.23. The van der Waals surface area contributed by atoms with Crippen LogP contribution in [0.25, 0.3) is 0 Å². The summed E-state index contributed by atoms with van der Waals surface area (Å²) in [6.45, 7) is 8.05. The Bertz CT molecular complexity index is 696. The van der Waals surface area contributed by atoms with Gasteiger partial charge in [0.1, 0.15) is 16.8 Å². The summed E-state index contributed by atoms with van der Waals surface area (Å²) < 4.78 is 5.55. The van der Waals surface area contributed by atoms with E-state index in [0.29, 0.717) is 24.8 Å². The third-order valence-electron chi connectivity index (χ3n) is 4.36. The van der Waals surface area contributed by atoms with Crippen LogP contribution in [0.1, 0.15) is 65.6 Å². The van der Waals surface area contributed by atoms with Crippen molar-refractivity contribution in [2.75, 3.05) is 19.7 Å². The van der Waals surface area contributed by atoms with Crippen molar-refractivity contribution in [2.24, 2.45) is 0 Å². The molecule has 2 atom stereocenters. The van der Waals surface area contributed by atoms with Gasteiger partial charge in [0.05, 0.1) is 5.69 Å². The zero-order chi connectivity index (χ0) is 17.1. The number of amides is 1. The molecule has 0 aromatic carbocycles. The van der Waals surface area contributed by atoms with Crippen molar-refractivity contribution in [3.8, 4) is 0 Å². The van der Waals surface area contributed by atoms with Gasteiger partial charge in [0, 0.05) is 36.7 Å². The highest BCUT2D eigenvalue weighted by molar-refractivity contribution is 7.09. The number of carbonyl (C=O) groups excluding carboxylic acids is 1. The van der Waals surface area contributed by atoms with Crippen LogP contribution in [-0.2, 0) is 4.74 Å². The molecule has 0 spiro atoms. The SMILES string of the molecule is CCOC(C)c1nc(C(=O)N2CCCC(c3cc(C)[nH]n3)C2)cs1. The fraction of sp³-hybridized carbons (Fsp3) is 0.588. The van der Waals surface area contributed by atoms with Crippen LogP contribution in [0.5, 0.6) is 0 Å². The molecule has 2 aromatic heterocycles. The molecule has 1 N–H and O–H groups in total. The van der Waals surface area contributed by atoms with Crippen molar-refractivity contribution in [2.45, 2.75) is 45.6 Å². The molecule has 1 amide bonds. The number of aryl methyl sites for hydroxylation is 1. The van der Waals surface area contributed by atoms with Crippen molar-refractivity contribution < 1.29 is 9.53 Å². The van der Waals surface area contributed by atoms with Crippen molar-refractivity contribution in [1.82, 2.24) is 20.1 Å². The number of carbonyl (C=O) groups is 1. The average Bonchev–Trinajstić information content (AvgIpc) is 3.24. The standard InChI is InChI=1S/C17H24N4O2S/c1-4-23-12(3)16-18-15(10-24-16)17(22)21-7-5-6-13(9-21)14-8-11(2)19-20-14/h8,10,12-13H,4-7,9H2,1-3H3,(H,19,20). The lowest BCUT2D eigenvalue weighted by Crippen LogP contribution is -2.39. The highest BCUT2D eigenvalue weighted by Gasteiger charge is 2.28. The van der Waals surface area contributed by atoms with Gasteiger partial charge < -0.3 is 9.64 Å². The number of H-pyrrole nitrogens is 1. The van der Waals surface area contributed by atoms with Crippen LogP contribution in [0.4, 0.5) is 0 Å². The minimum Gasteiger partial charge on any atom is -0.372 e. The van der Waals surface area contributed by atoms with Crippen LogP contribution in [0, 0.1) is 6.92 Å². The average molecular weight is 348 g/mol. The zero-order valence-corrected chi connectivity index (χ0v) is 15.2. The smallest absolute Gasteiger partial charge is 0.273 e. The Morgan fingerprint density at radius 3 is 3.12 bits per heavy atom. The number of aromatic nitrogens is 3. The van der Waals surface area contributed by atoms with Gasteiger partial charge >= 0.3 is 0 Å². The van der Waals surface area contributed by atoms with Crippen LogP contribution in [-0.4, -0.2) is 45.7 Å². The molecule has 2 aromatic rings. The lowest BCUT2D eigenvalue weighted by atomic mass is 9.94. The molecule has 1 aliphatic heterocycles. The number of rotatable bonds is 5. The first-order valence-corrected chi connectivity index (χ1v) is 9.34. The molecular weight excluding hydrogens is 324 g/mol. The first kappa shape index (κ1) is 17.1. The Balaban J connectivity index is 1.68. The molecule has 0 aliphatic carbocycles. The predicted molar refractivity (Wildman–Crippen MR) is 93.4 cm³/mol. The highest BCUT2D eigenvalue weighted by Crippen LogP contribution is 2.28. The molecule has 0 saturated carbocycles. The number of hydrogen-bond donors (Lipinski definition) is 1.